The van der Waals surface area contributed by atoms with Gasteiger partial charge in [0.1, 0.15) is 0 Å². The lowest BCUT2D eigenvalue weighted by Crippen LogP contribution is -2.45. The zero-order chi connectivity index (χ0) is 14.6. The summed E-state index contributed by atoms with van der Waals surface area (Å²) in [7, 11) is 0. The number of alkyl halides is 4. The predicted octanol–water partition coefficient (Wildman–Crippen LogP) is 3.01. The van der Waals surface area contributed by atoms with Gasteiger partial charge < -0.3 is 5.32 Å². The van der Waals surface area contributed by atoms with Crippen molar-refractivity contribution in [3.63, 3.8) is 0 Å². The van der Waals surface area contributed by atoms with Gasteiger partial charge in [-0.15, -0.1) is 0 Å². The maximum absolute atomic E-state index is 12.8. The van der Waals surface area contributed by atoms with Crippen molar-refractivity contribution < 1.29 is 17.6 Å². The molecule has 0 spiro atoms. The molecule has 1 aliphatic heterocycles. The molecule has 1 N–H and O–H groups in total. The number of hydrogen-bond donors (Lipinski definition) is 1. The van der Waals surface area contributed by atoms with Crippen LogP contribution in [0.25, 0.3) is 0 Å². The molecular weight excluding hydrogens is 272 g/mol. The van der Waals surface area contributed by atoms with E-state index in [1.165, 1.54) is 6.07 Å². The second-order valence-electron chi connectivity index (χ2n) is 4.90. The Hall–Kier alpha value is -1.14. The Morgan fingerprint density at radius 2 is 1.90 bits per heavy atom. The fourth-order valence-corrected chi connectivity index (χ4v) is 2.58. The van der Waals surface area contributed by atoms with Gasteiger partial charge in [-0.1, -0.05) is 12.1 Å². The maximum Gasteiger partial charge on any atom is 0.416 e. The van der Waals surface area contributed by atoms with E-state index in [9.17, 15) is 17.6 Å². The number of halogens is 4. The van der Waals surface area contributed by atoms with Crippen molar-refractivity contribution in [2.75, 3.05) is 32.9 Å². The summed E-state index contributed by atoms with van der Waals surface area (Å²) in [6.45, 7) is 2.47. The Kier molecular flexibility index (Phi) is 4.99. The minimum atomic E-state index is -4.36. The van der Waals surface area contributed by atoms with Crippen LogP contribution < -0.4 is 5.32 Å². The van der Waals surface area contributed by atoms with Gasteiger partial charge in [0.15, 0.2) is 0 Å². The third kappa shape index (κ3) is 3.70. The number of hydrogen-bond acceptors (Lipinski definition) is 2. The normalized spacial score (nSPS) is 19.0. The molecule has 0 radical (unpaired) electrons. The first-order chi connectivity index (χ1) is 9.52. The SMILES string of the molecule is FCC[C@@H](c1cccc(C(F)(F)F)c1)N1CCNCC1. The highest BCUT2D eigenvalue weighted by Crippen LogP contribution is 2.33. The van der Waals surface area contributed by atoms with Crippen molar-refractivity contribution >= 4 is 0 Å². The van der Waals surface area contributed by atoms with Crippen LogP contribution >= 0.6 is 0 Å². The van der Waals surface area contributed by atoms with Crippen LogP contribution in [0.15, 0.2) is 24.3 Å². The number of benzene rings is 1. The molecule has 0 unspecified atom stereocenters. The van der Waals surface area contributed by atoms with Gasteiger partial charge in [-0.2, -0.15) is 13.2 Å². The first-order valence-electron chi connectivity index (χ1n) is 6.70. The summed E-state index contributed by atoms with van der Waals surface area (Å²) < 4.78 is 51.0. The molecule has 112 valence electrons. The van der Waals surface area contributed by atoms with Crippen LogP contribution in [0.3, 0.4) is 0 Å². The fraction of sp³-hybridized carbons (Fsp3) is 0.571. The highest BCUT2D eigenvalue weighted by Gasteiger charge is 2.31. The third-order valence-electron chi connectivity index (χ3n) is 3.57. The molecule has 0 saturated carbocycles. The monoisotopic (exact) mass is 290 g/mol. The second-order valence-corrected chi connectivity index (χ2v) is 4.90. The van der Waals surface area contributed by atoms with E-state index in [1.54, 1.807) is 6.07 Å². The third-order valence-corrected chi connectivity index (χ3v) is 3.57. The number of nitrogens with one attached hydrogen (secondary N) is 1. The van der Waals surface area contributed by atoms with E-state index in [0.717, 1.165) is 38.3 Å². The van der Waals surface area contributed by atoms with Gasteiger partial charge in [0.2, 0.25) is 0 Å². The average Bonchev–Trinajstić information content (AvgIpc) is 2.45. The lowest BCUT2D eigenvalue weighted by Gasteiger charge is -2.35. The molecule has 2 nitrogen and oxygen atoms in total. The topological polar surface area (TPSA) is 15.3 Å². The van der Waals surface area contributed by atoms with E-state index in [0.29, 0.717) is 5.56 Å². The van der Waals surface area contributed by atoms with Crippen LogP contribution in [0, 0.1) is 0 Å². The lowest BCUT2D eigenvalue weighted by molar-refractivity contribution is -0.137. The summed E-state index contributed by atoms with van der Waals surface area (Å²) in [4.78, 5) is 2.05. The molecule has 0 bridgehead atoms. The van der Waals surface area contributed by atoms with Gasteiger partial charge in [0, 0.05) is 32.2 Å². The molecule has 1 atom stereocenters. The number of piperazine rings is 1. The van der Waals surface area contributed by atoms with E-state index >= 15 is 0 Å². The highest BCUT2D eigenvalue weighted by atomic mass is 19.4. The summed E-state index contributed by atoms with van der Waals surface area (Å²) >= 11 is 0. The average molecular weight is 290 g/mol. The molecule has 20 heavy (non-hydrogen) atoms. The van der Waals surface area contributed by atoms with Crippen molar-refractivity contribution in [2.24, 2.45) is 0 Å². The Bertz CT molecular complexity index is 427. The van der Waals surface area contributed by atoms with Crippen LogP contribution in [0.4, 0.5) is 17.6 Å². The van der Waals surface area contributed by atoms with E-state index in [2.05, 4.69) is 5.32 Å². The van der Waals surface area contributed by atoms with Gasteiger partial charge in [0.05, 0.1) is 12.2 Å². The van der Waals surface area contributed by atoms with Crippen molar-refractivity contribution in [1.82, 2.24) is 10.2 Å². The van der Waals surface area contributed by atoms with Crippen molar-refractivity contribution in [3.05, 3.63) is 35.4 Å². The van der Waals surface area contributed by atoms with E-state index in [4.69, 9.17) is 0 Å². The van der Waals surface area contributed by atoms with Gasteiger partial charge in [-0.25, -0.2) is 0 Å². The first kappa shape index (κ1) is 15.3. The van der Waals surface area contributed by atoms with E-state index < -0.39 is 18.4 Å². The predicted molar refractivity (Wildman–Crippen MR) is 69.2 cm³/mol. The molecule has 2 rings (SSSR count). The zero-order valence-electron chi connectivity index (χ0n) is 11.1. The smallest absolute Gasteiger partial charge is 0.314 e. The standard InChI is InChI=1S/C14H18F4N2/c15-5-4-13(20-8-6-19-7-9-20)11-2-1-3-12(10-11)14(16,17)18/h1-3,10,13,19H,4-9H2/t13-/m0/s1. The quantitative estimate of drug-likeness (QED) is 0.858. The van der Waals surface area contributed by atoms with E-state index in [-0.39, 0.29) is 12.5 Å². The Labute approximate surface area is 115 Å². The minimum Gasteiger partial charge on any atom is -0.314 e. The summed E-state index contributed by atoms with van der Waals surface area (Å²) in [5.74, 6) is 0. The van der Waals surface area contributed by atoms with Gasteiger partial charge in [0.25, 0.3) is 0 Å². The molecule has 0 aliphatic carbocycles. The molecule has 1 fully saturated rings. The second kappa shape index (κ2) is 6.54. The molecule has 1 saturated heterocycles. The molecular formula is C14H18F4N2. The Balaban J connectivity index is 2.24. The van der Waals surface area contributed by atoms with Crippen LogP contribution in [-0.4, -0.2) is 37.8 Å². The van der Waals surface area contributed by atoms with Crippen molar-refractivity contribution in [2.45, 2.75) is 18.6 Å². The van der Waals surface area contributed by atoms with Crippen molar-refractivity contribution in [1.29, 1.82) is 0 Å². The Morgan fingerprint density at radius 3 is 2.50 bits per heavy atom. The highest BCUT2D eigenvalue weighted by molar-refractivity contribution is 5.28. The summed E-state index contributed by atoms with van der Waals surface area (Å²) in [6.07, 6.45) is -4.14. The molecule has 1 aromatic rings. The maximum atomic E-state index is 12.8. The lowest BCUT2D eigenvalue weighted by atomic mass is 9.99. The van der Waals surface area contributed by atoms with Crippen LogP contribution in [0.2, 0.25) is 0 Å². The largest absolute Gasteiger partial charge is 0.416 e. The summed E-state index contributed by atoms with van der Waals surface area (Å²) in [5, 5.41) is 3.18. The van der Waals surface area contributed by atoms with Crippen LogP contribution in [0.1, 0.15) is 23.6 Å². The molecule has 1 aliphatic rings. The van der Waals surface area contributed by atoms with Gasteiger partial charge in [-0.05, 0) is 24.1 Å². The number of nitrogens with zero attached hydrogens (tertiary/aromatic N) is 1. The minimum absolute atomic E-state index is 0.224. The van der Waals surface area contributed by atoms with Crippen LogP contribution in [0.5, 0.6) is 0 Å². The molecule has 1 aromatic carbocycles. The van der Waals surface area contributed by atoms with E-state index in [1.807, 2.05) is 4.90 Å². The Morgan fingerprint density at radius 1 is 1.20 bits per heavy atom. The molecule has 6 heteroatoms. The van der Waals surface area contributed by atoms with Gasteiger partial charge in [-0.3, -0.25) is 9.29 Å². The van der Waals surface area contributed by atoms with Crippen LogP contribution in [-0.2, 0) is 6.18 Å². The first-order valence-corrected chi connectivity index (χ1v) is 6.70. The number of rotatable bonds is 4. The van der Waals surface area contributed by atoms with Crippen molar-refractivity contribution in [3.8, 4) is 0 Å². The zero-order valence-corrected chi connectivity index (χ0v) is 11.1. The van der Waals surface area contributed by atoms with Gasteiger partial charge >= 0.3 is 6.18 Å². The molecule has 0 aromatic heterocycles. The molecule has 1 heterocycles. The molecule has 0 amide bonds. The summed E-state index contributed by atoms with van der Waals surface area (Å²) in [6, 6.07) is 4.95. The fourth-order valence-electron chi connectivity index (χ4n) is 2.58. The summed E-state index contributed by atoms with van der Waals surface area (Å²) in [5.41, 5.74) is -0.131.